The van der Waals surface area contributed by atoms with E-state index in [-0.39, 0.29) is 12.4 Å². The molecule has 0 unspecified atom stereocenters. The van der Waals surface area contributed by atoms with Gasteiger partial charge in [0.05, 0.1) is 11.1 Å². The number of rotatable bonds is 1. The fourth-order valence-electron chi connectivity index (χ4n) is 3.83. The van der Waals surface area contributed by atoms with Crippen molar-refractivity contribution < 1.29 is 17.9 Å². The Bertz CT molecular complexity index is 1310. The van der Waals surface area contributed by atoms with Crippen molar-refractivity contribution in [2.75, 3.05) is 11.6 Å². The van der Waals surface area contributed by atoms with E-state index in [1.54, 1.807) is 17.0 Å². The Kier molecular flexibility index (Phi) is 3.62. The number of hydrogen-bond acceptors (Lipinski definition) is 4. The highest BCUT2D eigenvalue weighted by molar-refractivity contribution is 6.06. The van der Waals surface area contributed by atoms with Crippen molar-refractivity contribution in [3.05, 3.63) is 81.7 Å². The van der Waals surface area contributed by atoms with Gasteiger partial charge in [-0.3, -0.25) is 0 Å². The Hall–Kier alpha value is -3.41. The number of fused-ring (bicyclic) bond motifs is 4. The lowest BCUT2D eigenvalue weighted by molar-refractivity contribution is 0.285. The first-order chi connectivity index (χ1) is 13.5. The van der Waals surface area contributed by atoms with Gasteiger partial charge in [0.1, 0.15) is 23.0 Å². The van der Waals surface area contributed by atoms with Crippen LogP contribution in [0, 0.1) is 18.6 Å². The molecule has 140 valence electrons. The predicted molar refractivity (Wildman–Crippen MR) is 103 cm³/mol. The van der Waals surface area contributed by atoms with E-state index in [2.05, 4.69) is 0 Å². The second-order valence-corrected chi connectivity index (χ2v) is 6.87. The zero-order valence-corrected chi connectivity index (χ0v) is 15.0. The third-order valence-electron chi connectivity index (χ3n) is 5.14. The Morgan fingerprint density at radius 3 is 2.57 bits per heavy atom. The molecular formula is C22H15F2NO3. The van der Waals surface area contributed by atoms with Crippen LogP contribution in [-0.2, 0) is 6.54 Å². The number of ether oxygens (including phenoxy) is 1. The highest BCUT2D eigenvalue weighted by Gasteiger charge is 2.24. The second kappa shape index (κ2) is 6.05. The van der Waals surface area contributed by atoms with Gasteiger partial charge in [-0.15, -0.1) is 0 Å². The molecule has 5 rings (SSSR count). The molecule has 0 spiro atoms. The minimum Gasteiger partial charge on any atom is -0.472 e. The largest absolute Gasteiger partial charge is 0.472 e. The van der Waals surface area contributed by atoms with E-state index in [1.165, 1.54) is 12.1 Å². The maximum absolute atomic E-state index is 14.2. The average molecular weight is 379 g/mol. The summed E-state index contributed by atoms with van der Waals surface area (Å²) in [4.78, 5) is 14.0. The molecule has 28 heavy (non-hydrogen) atoms. The molecule has 2 heterocycles. The lowest BCUT2D eigenvalue weighted by Crippen LogP contribution is -2.33. The van der Waals surface area contributed by atoms with Crippen LogP contribution in [0.2, 0.25) is 0 Å². The minimum absolute atomic E-state index is 0.111. The predicted octanol–water partition coefficient (Wildman–Crippen LogP) is 4.89. The van der Waals surface area contributed by atoms with Crippen LogP contribution in [0.3, 0.4) is 0 Å². The number of nitrogens with zero attached hydrogens (tertiary/aromatic N) is 1. The first kappa shape index (κ1) is 16.7. The van der Waals surface area contributed by atoms with E-state index in [0.29, 0.717) is 23.3 Å². The summed E-state index contributed by atoms with van der Waals surface area (Å²) in [6, 6.07) is 12.7. The maximum atomic E-state index is 14.2. The normalized spacial score (nSPS) is 13.6. The van der Waals surface area contributed by atoms with Gasteiger partial charge in [-0.25, -0.2) is 13.6 Å². The van der Waals surface area contributed by atoms with Crippen molar-refractivity contribution in [3.63, 3.8) is 0 Å². The van der Waals surface area contributed by atoms with Gasteiger partial charge < -0.3 is 14.1 Å². The van der Waals surface area contributed by atoms with E-state index < -0.39 is 17.3 Å². The molecule has 0 N–H and O–H groups in total. The lowest BCUT2D eigenvalue weighted by atomic mass is 10.00. The first-order valence-corrected chi connectivity index (χ1v) is 8.84. The van der Waals surface area contributed by atoms with E-state index >= 15 is 0 Å². The molecule has 0 saturated heterocycles. The van der Waals surface area contributed by atoms with E-state index in [0.717, 1.165) is 28.0 Å². The smallest absolute Gasteiger partial charge is 0.344 e. The van der Waals surface area contributed by atoms with Gasteiger partial charge in [-0.1, -0.05) is 18.2 Å². The SMILES string of the molecule is Cc1c2c(cc3c1oc(=O)c1ccccc13)CN(c1ccc(F)cc1F)CO2. The zero-order valence-electron chi connectivity index (χ0n) is 15.0. The van der Waals surface area contributed by atoms with Gasteiger partial charge in [0.25, 0.3) is 0 Å². The first-order valence-electron chi connectivity index (χ1n) is 8.84. The quantitative estimate of drug-likeness (QED) is 0.349. The van der Waals surface area contributed by atoms with Crippen LogP contribution in [0.15, 0.2) is 57.7 Å². The van der Waals surface area contributed by atoms with Gasteiger partial charge >= 0.3 is 5.63 Å². The lowest BCUT2D eigenvalue weighted by Gasteiger charge is -2.32. The zero-order chi connectivity index (χ0) is 19.4. The molecule has 1 aliphatic rings. The van der Waals surface area contributed by atoms with Crippen LogP contribution in [-0.4, -0.2) is 6.73 Å². The Labute approximate surface area is 158 Å². The molecule has 1 aromatic heterocycles. The molecule has 3 aromatic carbocycles. The monoisotopic (exact) mass is 379 g/mol. The van der Waals surface area contributed by atoms with Crippen molar-refractivity contribution in [3.8, 4) is 5.75 Å². The summed E-state index contributed by atoms with van der Waals surface area (Å²) >= 11 is 0. The van der Waals surface area contributed by atoms with Crippen LogP contribution < -0.4 is 15.3 Å². The molecule has 1 aliphatic heterocycles. The van der Waals surface area contributed by atoms with Gasteiger partial charge in [-0.05, 0) is 36.6 Å². The summed E-state index contributed by atoms with van der Waals surface area (Å²) in [6.07, 6.45) is 0. The minimum atomic E-state index is -0.638. The summed E-state index contributed by atoms with van der Waals surface area (Å²) in [5, 5.41) is 2.11. The summed E-state index contributed by atoms with van der Waals surface area (Å²) in [7, 11) is 0. The molecule has 4 nitrogen and oxygen atoms in total. The average Bonchev–Trinajstić information content (AvgIpc) is 2.69. The number of benzene rings is 3. The molecule has 0 saturated carbocycles. The number of halogens is 2. The van der Waals surface area contributed by atoms with Crippen molar-refractivity contribution in [2.24, 2.45) is 0 Å². The Morgan fingerprint density at radius 1 is 1.00 bits per heavy atom. The third-order valence-corrected chi connectivity index (χ3v) is 5.14. The summed E-state index contributed by atoms with van der Waals surface area (Å²) < 4.78 is 38.9. The highest BCUT2D eigenvalue weighted by atomic mass is 19.1. The van der Waals surface area contributed by atoms with E-state index in [4.69, 9.17) is 9.15 Å². The molecule has 0 amide bonds. The molecule has 0 radical (unpaired) electrons. The third kappa shape index (κ3) is 2.45. The summed E-state index contributed by atoms with van der Waals surface area (Å²) in [5.41, 5.74) is 1.95. The van der Waals surface area contributed by atoms with Gasteiger partial charge in [0.15, 0.2) is 6.73 Å². The van der Waals surface area contributed by atoms with Crippen molar-refractivity contribution in [1.29, 1.82) is 0 Å². The van der Waals surface area contributed by atoms with Crippen LogP contribution in [0.4, 0.5) is 14.5 Å². The molecule has 6 heteroatoms. The van der Waals surface area contributed by atoms with E-state index in [1.807, 2.05) is 25.1 Å². The number of anilines is 1. The van der Waals surface area contributed by atoms with Crippen molar-refractivity contribution >= 4 is 27.4 Å². The fraction of sp³-hybridized carbons (Fsp3) is 0.136. The van der Waals surface area contributed by atoms with Gasteiger partial charge in [0, 0.05) is 29.1 Å². The van der Waals surface area contributed by atoms with Crippen LogP contribution in [0.25, 0.3) is 21.7 Å². The van der Waals surface area contributed by atoms with Crippen LogP contribution in [0.5, 0.6) is 5.75 Å². The van der Waals surface area contributed by atoms with Crippen LogP contribution in [0.1, 0.15) is 11.1 Å². The van der Waals surface area contributed by atoms with Crippen LogP contribution >= 0.6 is 0 Å². The molecule has 0 atom stereocenters. The fourth-order valence-corrected chi connectivity index (χ4v) is 3.83. The molecule has 0 aliphatic carbocycles. The second-order valence-electron chi connectivity index (χ2n) is 6.87. The number of aryl methyl sites for hydroxylation is 1. The van der Waals surface area contributed by atoms with Crippen molar-refractivity contribution in [1.82, 2.24) is 0 Å². The summed E-state index contributed by atoms with van der Waals surface area (Å²) in [6.45, 7) is 2.34. The summed E-state index contributed by atoms with van der Waals surface area (Å²) in [5.74, 6) is -0.631. The maximum Gasteiger partial charge on any atom is 0.344 e. The Balaban J connectivity index is 1.69. The van der Waals surface area contributed by atoms with Gasteiger partial charge in [0.2, 0.25) is 0 Å². The van der Waals surface area contributed by atoms with Crippen molar-refractivity contribution in [2.45, 2.75) is 13.5 Å². The molecule has 4 aromatic rings. The standard InChI is InChI=1S/C22H15F2NO3/c1-12-20-13(10-25(11-27-20)19-7-6-14(23)9-18(19)24)8-17-15-4-2-3-5-16(15)22(26)28-21(12)17/h2-9H,10-11H2,1H3. The van der Waals surface area contributed by atoms with Gasteiger partial charge in [-0.2, -0.15) is 0 Å². The Morgan fingerprint density at radius 2 is 1.79 bits per heavy atom. The number of hydrogen-bond donors (Lipinski definition) is 0. The topological polar surface area (TPSA) is 42.7 Å². The molecule has 0 fully saturated rings. The highest BCUT2D eigenvalue weighted by Crippen LogP contribution is 2.38. The molecule has 0 bridgehead atoms. The van der Waals surface area contributed by atoms with E-state index in [9.17, 15) is 13.6 Å². The molecular weight excluding hydrogens is 364 g/mol.